The van der Waals surface area contributed by atoms with Gasteiger partial charge in [-0.2, -0.15) is 4.98 Å². The molecule has 0 amide bonds. The number of hydrogen-bond donors (Lipinski definition) is 1. The summed E-state index contributed by atoms with van der Waals surface area (Å²) in [6.07, 6.45) is 1.34. The molecule has 7 heteroatoms. The second-order valence-electron chi connectivity index (χ2n) is 5.33. The van der Waals surface area contributed by atoms with Gasteiger partial charge in [-0.3, -0.25) is 0 Å². The van der Waals surface area contributed by atoms with Crippen LogP contribution in [-0.2, 0) is 9.84 Å². The van der Waals surface area contributed by atoms with Crippen molar-refractivity contribution in [1.82, 2.24) is 10.1 Å². The van der Waals surface area contributed by atoms with Crippen LogP contribution >= 0.6 is 0 Å². The highest BCUT2D eigenvalue weighted by molar-refractivity contribution is 7.91. The zero-order chi connectivity index (χ0) is 13.3. The molecule has 1 aliphatic heterocycles. The third-order valence-electron chi connectivity index (χ3n) is 3.10. The normalized spacial score (nSPS) is 24.6. The number of nitrogens with zero attached hydrogens (tertiary/aromatic N) is 2. The van der Waals surface area contributed by atoms with Crippen LogP contribution in [0.5, 0.6) is 0 Å². The van der Waals surface area contributed by atoms with Crippen molar-refractivity contribution in [3.63, 3.8) is 0 Å². The Morgan fingerprint density at radius 3 is 2.78 bits per heavy atom. The summed E-state index contributed by atoms with van der Waals surface area (Å²) in [4.78, 5) is 4.24. The van der Waals surface area contributed by atoms with Crippen molar-refractivity contribution in [3.05, 3.63) is 11.7 Å². The van der Waals surface area contributed by atoms with Gasteiger partial charge in [0.2, 0.25) is 5.89 Å². The highest BCUT2D eigenvalue weighted by Gasteiger charge is 2.32. The van der Waals surface area contributed by atoms with Crippen LogP contribution in [0, 0.1) is 5.92 Å². The topological polar surface area (TPSA) is 99.1 Å². The van der Waals surface area contributed by atoms with Crippen LogP contribution in [0.25, 0.3) is 0 Å². The van der Waals surface area contributed by atoms with E-state index in [4.69, 9.17) is 10.3 Å². The first kappa shape index (κ1) is 13.5. The lowest BCUT2D eigenvalue weighted by atomic mass is 10.0. The molecule has 6 nitrogen and oxygen atoms in total. The van der Waals surface area contributed by atoms with Gasteiger partial charge in [-0.1, -0.05) is 19.0 Å². The predicted molar refractivity (Wildman–Crippen MR) is 66.7 cm³/mol. The monoisotopic (exact) mass is 273 g/mol. The SMILES string of the molecule is CC(C)CC(N)c1nc(C2CCS(=O)(=O)C2)no1. The van der Waals surface area contributed by atoms with E-state index >= 15 is 0 Å². The average molecular weight is 273 g/mol. The number of hydrogen-bond acceptors (Lipinski definition) is 6. The minimum Gasteiger partial charge on any atom is -0.338 e. The molecule has 0 radical (unpaired) electrons. The highest BCUT2D eigenvalue weighted by atomic mass is 32.2. The summed E-state index contributed by atoms with van der Waals surface area (Å²) in [5.74, 6) is 1.51. The molecular formula is C11H19N3O3S. The molecule has 0 aliphatic carbocycles. The number of sulfone groups is 1. The molecule has 1 aliphatic rings. The first-order valence-corrected chi connectivity index (χ1v) is 7.99. The number of aromatic nitrogens is 2. The molecule has 1 aromatic rings. The Bertz CT molecular complexity index is 509. The number of rotatable bonds is 4. The second-order valence-corrected chi connectivity index (χ2v) is 7.56. The lowest BCUT2D eigenvalue weighted by Crippen LogP contribution is -2.13. The van der Waals surface area contributed by atoms with E-state index in [2.05, 4.69) is 24.0 Å². The Balaban J connectivity index is 2.07. The highest BCUT2D eigenvalue weighted by Crippen LogP contribution is 2.28. The van der Waals surface area contributed by atoms with E-state index in [-0.39, 0.29) is 23.5 Å². The fraction of sp³-hybridized carbons (Fsp3) is 0.818. The van der Waals surface area contributed by atoms with Gasteiger partial charge in [0.25, 0.3) is 0 Å². The van der Waals surface area contributed by atoms with E-state index in [1.165, 1.54) is 0 Å². The van der Waals surface area contributed by atoms with E-state index in [0.29, 0.717) is 24.1 Å². The van der Waals surface area contributed by atoms with Crippen molar-refractivity contribution in [3.8, 4) is 0 Å². The van der Waals surface area contributed by atoms with Crippen LogP contribution in [0.4, 0.5) is 0 Å². The molecule has 1 saturated heterocycles. The maximum absolute atomic E-state index is 11.4. The van der Waals surface area contributed by atoms with Crippen LogP contribution < -0.4 is 5.73 Å². The lowest BCUT2D eigenvalue weighted by molar-refractivity contribution is 0.331. The Morgan fingerprint density at radius 2 is 2.22 bits per heavy atom. The van der Waals surface area contributed by atoms with Gasteiger partial charge >= 0.3 is 0 Å². The van der Waals surface area contributed by atoms with Gasteiger partial charge in [-0.05, 0) is 18.8 Å². The first-order valence-electron chi connectivity index (χ1n) is 6.17. The molecule has 2 heterocycles. The molecule has 18 heavy (non-hydrogen) atoms. The second kappa shape index (κ2) is 4.97. The Morgan fingerprint density at radius 1 is 1.50 bits per heavy atom. The van der Waals surface area contributed by atoms with Crippen LogP contribution in [-0.4, -0.2) is 30.1 Å². The van der Waals surface area contributed by atoms with Crippen LogP contribution in [0.3, 0.4) is 0 Å². The van der Waals surface area contributed by atoms with Crippen LogP contribution in [0.1, 0.15) is 50.4 Å². The zero-order valence-corrected chi connectivity index (χ0v) is 11.5. The van der Waals surface area contributed by atoms with Gasteiger partial charge in [0.1, 0.15) is 0 Å². The fourth-order valence-electron chi connectivity index (χ4n) is 2.17. The third-order valence-corrected chi connectivity index (χ3v) is 4.87. The van der Waals surface area contributed by atoms with Crippen LogP contribution in [0.15, 0.2) is 4.52 Å². The van der Waals surface area contributed by atoms with Gasteiger partial charge in [0.05, 0.1) is 17.5 Å². The summed E-state index contributed by atoms with van der Waals surface area (Å²) >= 11 is 0. The van der Waals surface area contributed by atoms with Crippen molar-refractivity contribution in [2.75, 3.05) is 11.5 Å². The summed E-state index contributed by atoms with van der Waals surface area (Å²) in [5.41, 5.74) is 5.95. The first-order chi connectivity index (χ1) is 8.37. The Labute approximate surface area is 107 Å². The van der Waals surface area contributed by atoms with Crippen molar-refractivity contribution >= 4 is 9.84 Å². The molecular weight excluding hydrogens is 254 g/mol. The van der Waals surface area contributed by atoms with Gasteiger partial charge in [-0.25, -0.2) is 8.42 Å². The largest absolute Gasteiger partial charge is 0.338 e. The molecule has 2 unspecified atom stereocenters. The standard InChI is InChI=1S/C11H19N3O3S/c1-7(2)5-9(12)11-13-10(14-17-11)8-3-4-18(15,16)6-8/h7-9H,3-6,12H2,1-2H3. The quantitative estimate of drug-likeness (QED) is 0.879. The fourth-order valence-corrected chi connectivity index (χ4v) is 3.91. The zero-order valence-electron chi connectivity index (χ0n) is 10.7. The summed E-state index contributed by atoms with van der Waals surface area (Å²) in [7, 11) is -2.93. The molecule has 2 N–H and O–H groups in total. The molecule has 1 fully saturated rings. The molecule has 1 aromatic heterocycles. The summed E-state index contributed by atoms with van der Waals surface area (Å²) in [6.45, 7) is 4.14. The molecule has 0 spiro atoms. The van der Waals surface area contributed by atoms with E-state index < -0.39 is 9.84 Å². The minimum atomic E-state index is -2.93. The van der Waals surface area contributed by atoms with Gasteiger partial charge < -0.3 is 10.3 Å². The van der Waals surface area contributed by atoms with E-state index in [0.717, 1.165) is 6.42 Å². The summed E-state index contributed by atoms with van der Waals surface area (Å²) in [6, 6.07) is -0.274. The summed E-state index contributed by atoms with van der Waals surface area (Å²) in [5, 5.41) is 3.86. The van der Waals surface area contributed by atoms with Crippen molar-refractivity contribution in [2.24, 2.45) is 11.7 Å². The maximum atomic E-state index is 11.4. The molecule has 0 aromatic carbocycles. The maximum Gasteiger partial charge on any atom is 0.243 e. The van der Waals surface area contributed by atoms with E-state index in [9.17, 15) is 8.42 Å². The molecule has 0 bridgehead atoms. The Kier molecular flexibility index (Phi) is 3.72. The lowest BCUT2D eigenvalue weighted by Gasteiger charge is -2.08. The average Bonchev–Trinajstić information content (AvgIpc) is 2.82. The third kappa shape index (κ3) is 3.08. The Hall–Kier alpha value is -0.950. The summed E-state index contributed by atoms with van der Waals surface area (Å²) < 4.78 is 27.9. The molecule has 2 rings (SSSR count). The smallest absolute Gasteiger partial charge is 0.243 e. The van der Waals surface area contributed by atoms with E-state index in [1.54, 1.807) is 0 Å². The minimum absolute atomic E-state index is 0.116. The van der Waals surface area contributed by atoms with E-state index in [1.807, 2.05) is 0 Å². The van der Waals surface area contributed by atoms with Gasteiger partial charge in [0, 0.05) is 5.92 Å². The molecule has 2 atom stereocenters. The van der Waals surface area contributed by atoms with Gasteiger partial charge in [0.15, 0.2) is 15.7 Å². The number of nitrogens with two attached hydrogens (primary N) is 1. The van der Waals surface area contributed by atoms with Crippen LogP contribution in [0.2, 0.25) is 0 Å². The molecule has 0 saturated carbocycles. The van der Waals surface area contributed by atoms with Crippen molar-refractivity contribution < 1.29 is 12.9 Å². The molecule has 102 valence electrons. The van der Waals surface area contributed by atoms with Gasteiger partial charge in [-0.15, -0.1) is 0 Å². The predicted octanol–water partition coefficient (Wildman–Crippen LogP) is 1.02. The van der Waals surface area contributed by atoms with Crippen molar-refractivity contribution in [2.45, 2.75) is 38.6 Å². The van der Waals surface area contributed by atoms with Crippen molar-refractivity contribution in [1.29, 1.82) is 0 Å².